The quantitative estimate of drug-likeness (QED) is 0.265. The predicted octanol–water partition coefficient (Wildman–Crippen LogP) is 7.11. The average molecular weight is 537 g/mol. The fourth-order valence-electron chi connectivity index (χ4n) is 5.24. The molecule has 0 unspecified atom stereocenters. The Morgan fingerprint density at radius 2 is 1.79 bits per heavy atom. The van der Waals surface area contributed by atoms with Crippen LogP contribution in [0.2, 0.25) is 0 Å². The number of carbonyl (C=O) groups excluding carboxylic acids is 1. The van der Waals surface area contributed by atoms with Crippen LogP contribution >= 0.6 is 0 Å². The molecule has 0 amide bonds. The van der Waals surface area contributed by atoms with Gasteiger partial charge in [-0.25, -0.2) is 8.78 Å². The highest BCUT2D eigenvalue weighted by Gasteiger charge is 2.45. The van der Waals surface area contributed by atoms with Gasteiger partial charge in [0.1, 0.15) is 18.2 Å². The summed E-state index contributed by atoms with van der Waals surface area (Å²) in [5, 5.41) is 11.3. The highest BCUT2D eigenvalue weighted by molar-refractivity contribution is 5.71. The largest absolute Gasteiger partial charge is 0.497 e. The zero-order valence-corrected chi connectivity index (χ0v) is 22.5. The molecule has 3 aromatic carbocycles. The van der Waals surface area contributed by atoms with Gasteiger partial charge in [0.25, 0.3) is 0 Å². The Morgan fingerprint density at radius 1 is 1.03 bits per heavy atom. The normalized spacial score (nSPS) is 17.3. The van der Waals surface area contributed by atoms with Gasteiger partial charge in [0, 0.05) is 11.5 Å². The number of halogens is 2. The summed E-state index contributed by atoms with van der Waals surface area (Å²) in [5.41, 5.74) is 2.43. The van der Waals surface area contributed by atoms with Crippen LogP contribution in [0.25, 0.3) is 11.1 Å². The minimum absolute atomic E-state index is 0.0583. The van der Waals surface area contributed by atoms with E-state index in [0.717, 1.165) is 31.2 Å². The molecule has 0 heterocycles. The number of carbonyl (C=O) groups is 1. The zero-order valence-electron chi connectivity index (χ0n) is 22.5. The Hall–Kier alpha value is -3.45. The molecule has 2 fully saturated rings. The summed E-state index contributed by atoms with van der Waals surface area (Å²) in [7, 11) is 2.86. The summed E-state index contributed by atoms with van der Waals surface area (Å²) in [4.78, 5) is 12.0. The second-order valence-corrected chi connectivity index (χ2v) is 11.0. The van der Waals surface area contributed by atoms with Gasteiger partial charge in [-0.2, -0.15) is 0 Å². The topological polar surface area (TPSA) is 65.0 Å². The molecule has 0 saturated heterocycles. The fraction of sp³-hybridized carbons (Fsp3) is 0.406. The van der Waals surface area contributed by atoms with E-state index in [2.05, 4.69) is 0 Å². The summed E-state index contributed by atoms with van der Waals surface area (Å²) in [5.74, 6) is -0.624. The molecular formula is C32H34F2O5. The Kier molecular flexibility index (Phi) is 7.63. The number of ether oxygens (including phenoxy) is 3. The van der Waals surface area contributed by atoms with Crippen molar-refractivity contribution in [2.45, 2.75) is 57.7 Å². The third kappa shape index (κ3) is 5.78. The molecule has 2 saturated carbocycles. The molecule has 39 heavy (non-hydrogen) atoms. The number of aliphatic hydroxyl groups is 1. The van der Waals surface area contributed by atoms with Crippen LogP contribution in [0.4, 0.5) is 8.78 Å². The maximum atomic E-state index is 15.6. The number of esters is 1. The molecule has 3 aromatic rings. The number of hydrogen-bond acceptors (Lipinski definition) is 5. The van der Waals surface area contributed by atoms with Gasteiger partial charge in [-0.3, -0.25) is 4.79 Å². The van der Waals surface area contributed by atoms with E-state index >= 15 is 4.39 Å². The van der Waals surface area contributed by atoms with E-state index in [1.54, 1.807) is 42.5 Å². The predicted molar refractivity (Wildman–Crippen MR) is 144 cm³/mol. The van der Waals surface area contributed by atoms with E-state index in [4.69, 9.17) is 14.2 Å². The molecule has 5 nitrogen and oxygen atoms in total. The van der Waals surface area contributed by atoms with Crippen molar-refractivity contribution in [3.8, 4) is 22.6 Å². The van der Waals surface area contributed by atoms with Gasteiger partial charge in [-0.15, -0.1) is 0 Å². The molecule has 2 aliphatic rings. The highest BCUT2D eigenvalue weighted by atomic mass is 19.1. The minimum Gasteiger partial charge on any atom is -0.497 e. The van der Waals surface area contributed by atoms with E-state index < -0.39 is 17.7 Å². The van der Waals surface area contributed by atoms with Crippen molar-refractivity contribution in [1.82, 2.24) is 0 Å². The molecule has 206 valence electrons. The van der Waals surface area contributed by atoms with Crippen molar-refractivity contribution < 1.29 is 32.9 Å². The van der Waals surface area contributed by atoms with Crippen LogP contribution in [0.1, 0.15) is 67.7 Å². The molecule has 0 spiro atoms. The molecule has 5 rings (SSSR count). The van der Waals surface area contributed by atoms with Gasteiger partial charge >= 0.3 is 5.97 Å². The van der Waals surface area contributed by atoms with Crippen molar-refractivity contribution in [3.05, 3.63) is 82.9 Å². The van der Waals surface area contributed by atoms with Gasteiger partial charge < -0.3 is 19.3 Å². The van der Waals surface area contributed by atoms with Crippen LogP contribution in [-0.4, -0.2) is 25.3 Å². The first kappa shape index (κ1) is 27.1. The van der Waals surface area contributed by atoms with Crippen molar-refractivity contribution >= 4 is 5.97 Å². The molecule has 1 N–H and O–H groups in total. The Bertz CT molecular complexity index is 1360. The maximum Gasteiger partial charge on any atom is 0.306 e. The summed E-state index contributed by atoms with van der Waals surface area (Å²) in [6.45, 7) is 2.07. The van der Waals surface area contributed by atoms with E-state index in [9.17, 15) is 14.3 Å². The van der Waals surface area contributed by atoms with Gasteiger partial charge in [0.15, 0.2) is 11.6 Å². The zero-order chi connectivity index (χ0) is 27.7. The summed E-state index contributed by atoms with van der Waals surface area (Å²) in [6, 6.07) is 14.9. The molecule has 0 radical (unpaired) electrons. The van der Waals surface area contributed by atoms with Crippen LogP contribution in [0.5, 0.6) is 11.5 Å². The van der Waals surface area contributed by atoms with Gasteiger partial charge in [-0.05, 0) is 89.6 Å². The van der Waals surface area contributed by atoms with E-state index in [0.29, 0.717) is 28.0 Å². The number of methoxy groups -OCH3 is 2. The van der Waals surface area contributed by atoms with Gasteiger partial charge in [0.05, 0.1) is 26.7 Å². The lowest BCUT2D eigenvalue weighted by Gasteiger charge is -2.23. The molecule has 0 aromatic heterocycles. The van der Waals surface area contributed by atoms with Crippen LogP contribution in [0.15, 0.2) is 54.6 Å². The number of benzene rings is 3. The van der Waals surface area contributed by atoms with E-state index in [1.807, 2.05) is 13.0 Å². The first-order valence-electron chi connectivity index (χ1n) is 13.4. The molecule has 2 aliphatic carbocycles. The van der Waals surface area contributed by atoms with Crippen LogP contribution in [0, 0.1) is 23.0 Å². The Labute approximate surface area is 227 Å². The Morgan fingerprint density at radius 3 is 2.46 bits per heavy atom. The smallest absolute Gasteiger partial charge is 0.306 e. The highest BCUT2D eigenvalue weighted by Crippen LogP contribution is 2.56. The molecular weight excluding hydrogens is 502 g/mol. The van der Waals surface area contributed by atoms with Gasteiger partial charge in [-0.1, -0.05) is 31.2 Å². The summed E-state index contributed by atoms with van der Waals surface area (Å²) >= 11 is 0. The third-order valence-electron chi connectivity index (χ3n) is 8.17. The van der Waals surface area contributed by atoms with Crippen LogP contribution < -0.4 is 9.47 Å². The molecule has 0 bridgehead atoms. The molecule has 2 atom stereocenters. The van der Waals surface area contributed by atoms with Crippen molar-refractivity contribution in [3.63, 3.8) is 0 Å². The lowest BCUT2D eigenvalue weighted by molar-refractivity contribution is -0.141. The van der Waals surface area contributed by atoms with E-state index in [-0.39, 0.29) is 42.0 Å². The minimum atomic E-state index is -0.796. The first-order chi connectivity index (χ1) is 18.7. The monoisotopic (exact) mass is 536 g/mol. The summed E-state index contributed by atoms with van der Waals surface area (Å²) in [6.07, 6.45) is 2.99. The fourth-order valence-corrected chi connectivity index (χ4v) is 5.24. The van der Waals surface area contributed by atoms with Crippen molar-refractivity contribution in [2.24, 2.45) is 11.3 Å². The number of hydrogen-bond donors (Lipinski definition) is 1. The average Bonchev–Trinajstić information content (AvgIpc) is 3.88. The lowest BCUT2D eigenvalue weighted by atomic mass is 9.87. The Balaban J connectivity index is 1.42. The third-order valence-corrected chi connectivity index (χ3v) is 8.17. The maximum absolute atomic E-state index is 15.6. The summed E-state index contributed by atoms with van der Waals surface area (Å²) < 4.78 is 46.5. The SMILES string of the molecule is COC(=O)C[C@@H](c1cccc(OCc2ccc(-c3cc(OC)ccc3F)c([C@H](O)C3(C)CC3)c2)c1F)C1CC1. The second-order valence-electron chi connectivity index (χ2n) is 11.0. The molecule has 0 aliphatic heterocycles. The van der Waals surface area contributed by atoms with E-state index in [1.165, 1.54) is 20.3 Å². The van der Waals surface area contributed by atoms with Gasteiger partial charge in [0.2, 0.25) is 0 Å². The number of rotatable bonds is 11. The number of aliphatic hydroxyl groups excluding tert-OH is 1. The van der Waals surface area contributed by atoms with Crippen LogP contribution in [0.3, 0.4) is 0 Å². The second kappa shape index (κ2) is 11.0. The first-order valence-corrected chi connectivity index (χ1v) is 13.4. The van der Waals surface area contributed by atoms with Crippen LogP contribution in [-0.2, 0) is 16.1 Å². The van der Waals surface area contributed by atoms with Crippen molar-refractivity contribution in [1.29, 1.82) is 0 Å². The molecule has 7 heteroatoms. The van der Waals surface area contributed by atoms with Crippen molar-refractivity contribution in [2.75, 3.05) is 14.2 Å². The standard InChI is InChI=1S/C32H34F2O5/c1-32(13-14-32)31(36)26-15-19(7-11-22(26)25-16-21(37-2)10-12-27(25)33)18-39-28-6-4-5-23(30(28)34)24(20-8-9-20)17-29(35)38-3/h4-7,10-12,15-16,20,24,31,36H,8-9,13-14,17-18H2,1-3H3/t24-,31+/m1/s1. The lowest BCUT2D eigenvalue weighted by Crippen LogP contribution is -2.13.